The minimum Gasteiger partial charge on any atom is -0.335 e. The maximum atomic E-state index is 4.52. The Morgan fingerprint density at radius 2 is 2.09 bits per heavy atom. The third-order valence-electron chi connectivity index (χ3n) is 4.17. The molecule has 122 valence electrons. The summed E-state index contributed by atoms with van der Waals surface area (Å²) in [5.74, 6) is 1.61. The Labute approximate surface area is 136 Å². The summed E-state index contributed by atoms with van der Waals surface area (Å²) in [4.78, 5) is 8.78. The van der Waals surface area contributed by atoms with Gasteiger partial charge in [0.05, 0.1) is 5.69 Å². The van der Waals surface area contributed by atoms with Crippen molar-refractivity contribution in [2.45, 2.75) is 33.9 Å². The monoisotopic (exact) mass is 312 g/mol. The van der Waals surface area contributed by atoms with Crippen molar-refractivity contribution in [1.82, 2.24) is 29.6 Å². The number of nitrogens with zero attached hydrogens (tertiary/aromatic N) is 5. The summed E-state index contributed by atoms with van der Waals surface area (Å²) < 4.78 is 4.02. The normalized spacial score (nSPS) is 12.9. The van der Waals surface area contributed by atoms with Gasteiger partial charge in [-0.25, -0.2) is 9.97 Å². The summed E-state index contributed by atoms with van der Waals surface area (Å²) in [5, 5.41) is 9.07. The van der Waals surface area contributed by atoms with E-state index in [1.54, 1.807) is 0 Å². The Kier molecular flexibility index (Phi) is 4.43. The zero-order chi connectivity index (χ0) is 16.4. The Morgan fingerprint density at radius 1 is 1.26 bits per heavy atom. The number of aryl methyl sites for hydroxylation is 3. The van der Waals surface area contributed by atoms with Gasteiger partial charge in [-0.2, -0.15) is 5.10 Å². The number of hydrogen-bond donors (Lipinski definition) is 1. The Hall–Kier alpha value is -2.21. The third-order valence-corrected chi connectivity index (χ3v) is 4.17. The fraction of sp³-hybridized carbons (Fsp3) is 0.471. The zero-order valence-corrected chi connectivity index (χ0v) is 14.2. The molecule has 0 radical (unpaired) electrons. The lowest BCUT2D eigenvalue weighted by atomic mass is 10.1. The molecule has 0 bridgehead atoms. The highest BCUT2D eigenvalue weighted by Crippen LogP contribution is 2.16. The molecule has 3 rings (SSSR count). The smallest absolute Gasteiger partial charge is 0.157 e. The van der Waals surface area contributed by atoms with Gasteiger partial charge in [-0.3, -0.25) is 4.68 Å². The van der Waals surface area contributed by atoms with Crippen LogP contribution in [0.4, 0.5) is 0 Å². The summed E-state index contributed by atoms with van der Waals surface area (Å²) in [5.41, 5.74) is 3.16. The van der Waals surface area contributed by atoms with Crippen LogP contribution in [0.5, 0.6) is 0 Å². The largest absolute Gasteiger partial charge is 0.335 e. The molecule has 1 N–H and O–H groups in total. The summed E-state index contributed by atoms with van der Waals surface area (Å²) in [6.07, 6.45) is 5.82. The molecule has 0 aromatic carbocycles. The lowest BCUT2D eigenvalue weighted by molar-refractivity contribution is 0.440. The van der Waals surface area contributed by atoms with Crippen LogP contribution >= 0.6 is 0 Å². The van der Waals surface area contributed by atoms with Gasteiger partial charge in [-0.05, 0) is 37.9 Å². The van der Waals surface area contributed by atoms with Crippen molar-refractivity contribution in [3.63, 3.8) is 0 Å². The molecular weight excluding hydrogens is 288 g/mol. The van der Waals surface area contributed by atoms with Gasteiger partial charge in [0.15, 0.2) is 5.65 Å². The van der Waals surface area contributed by atoms with E-state index in [0.29, 0.717) is 5.92 Å². The van der Waals surface area contributed by atoms with E-state index in [9.17, 15) is 0 Å². The molecule has 0 aliphatic carbocycles. The van der Waals surface area contributed by atoms with Gasteiger partial charge < -0.3 is 9.88 Å². The molecule has 3 heterocycles. The molecule has 0 saturated heterocycles. The molecule has 6 nitrogen and oxygen atoms in total. The summed E-state index contributed by atoms with van der Waals surface area (Å²) in [6, 6.07) is 2.18. The van der Waals surface area contributed by atoms with Gasteiger partial charge in [0.2, 0.25) is 0 Å². The van der Waals surface area contributed by atoms with Gasteiger partial charge in [-0.1, -0.05) is 6.92 Å². The van der Waals surface area contributed by atoms with E-state index in [1.807, 2.05) is 44.2 Å². The van der Waals surface area contributed by atoms with Crippen LogP contribution in [0.15, 0.2) is 24.7 Å². The van der Waals surface area contributed by atoms with Crippen molar-refractivity contribution in [2.24, 2.45) is 13.0 Å². The second kappa shape index (κ2) is 6.50. The summed E-state index contributed by atoms with van der Waals surface area (Å²) >= 11 is 0. The molecule has 0 fully saturated rings. The minimum absolute atomic E-state index is 0.541. The summed E-state index contributed by atoms with van der Waals surface area (Å²) in [7, 11) is 1.93. The highest BCUT2D eigenvalue weighted by molar-refractivity contribution is 5.78. The second-order valence-corrected chi connectivity index (χ2v) is 6.29. The fourth-order valence-corrected chi connectivity index (χ4v) is 2.91. The van der Waals surface area contributed by atoms with Crippen molar-refractivity contribution in [3.05, 3.63) is 41.7 Å². The zero-order valence-electron chi connectivity index (χ0n) is 14.2. The maximum absolute atomic E-state index is 4.52. The quantitative estimate of drug-likeness (QED) is 0.758. The highest BCUT2D eigenvalue weighted by Gasteiger charge is 2.08. The molecule has 3 aromatic heterocycles. The van der Waals surface area contributed by atoms with Crippen LogP contribution in [0.3, 0.4) is 0 Å². The van der Waals surface area contributed by atoms with Crippen LogP contribution < -0.4 is 5.32 Å². The standard InChI is InChI=1S/C17H24N6/c1-12(11-23-6-5-19-14(23)3)8-18-9-15-7-16-13(2)21-22(4)17(16)20-10-15/h5-7,10,12,18H,8-9,11H2,1-4H3. The van der Waals surface area contributed by atoms with Crippen LogP contribution in [-0.4, -0.2) is 30.9 Å². The third kappa shape index (κ3) is 3.42. The van der Waals surface area contributed by atoms with Crippen LogP contribution in [0, 0.1) is 19.8 Å². The number of aromatic nitrogens is 5. The van der Waals surface area contributed by atoms with Crippen molar-refractivity contribution in [1.29, 1.82) is 0 Å². The van der Waals surface area contributed by atoms with Crippen LogP contribution in [0.1, 0.15) is 24.0 Å². The number of pyridine rings is 1. The van der Waals surface area contributed by atoms with Gasteiger partial charge in [0.25, 0.3) is 0 Å². The van der Waals surface area contributed by atoms with E-state index in [0.717, 1.165) is 42.2 Å². The fourth-order valence-electron chi connectivity index (χ4n) is 2.91. The maximum Gasteiger partial charge on any atom is 0.157 e. The molecule has 1 unspecified atom stereocenters. The first-order valence-electron chi connectivity index (χ1n) is 8.01. The van der Waals surface area contributed by atoms with Gasteiger partial charge in [0.1, 0.15) is 5.82 Å². The molecule has 0 spiro atoms. The van der Waals surface area contributed by atoms with Crippen LogP contribution in [0.25, 0.3) is 11.0 Å². The van der Waals surface area contributed by atoms with Crippen molar-refractivity contribution in [2.75, 3.05) is 6.54 Å². The molecular formula is C17H24N6. The van der Waals surface area contributed by atoms with E-state index in [4.69, 9.17) is 0 Å². The molecule has 1 atom stereocenters. The molecule has 3 aromatic rings. The SMILES string of the molecule is Cc1nn(C)c2ncc(CNCC(C)Cn3ccnc3C)cc12. The minimum atomic E-state index is 0.541. The Balaban J connectivity index is 1.56. The predicted octanol–water partition coefficient (Wildman–Crippen LogP) is 2.21. The lowest BCUT2D eigenvalue weighted by Crippen LogP contribution is -2.24. The van der Waals surface area contributed by atoms with E-state index in [1.165, 1.54) is 5.56 Å². The molecule has 6 heteroatoms. The molecule has 0 saturated carbocycles. The Bertz CT molecular complexity index is 801. The topological polar surface area (TPSA) is 60.6 Å². The summed E-state index contributed by atoms with van der Waals surface area (Å²) in [6.45, 7) is 9.08. The first kappa shape index (κ1) is 15.7. The number of fused-ring (bicyclic) bond motifs is 1. The first-order chi connectivity index (χ1) is 11.0. The molecule has 0 amide bonds. The molecule has 23 heavy (non-hydrogen) atoms. The molecule has 0 aliphatic heterocycles. The van der Waals surface area contributed by atoms with Crippen LogP contribution in [0.2, 0.25) is 0 Å². The average molecular weight is 312 g/mol. The van der Waals surface area contributed by atoms with E-state index < -0.39 is 0 Å². The van der Waals surface area contributed by atoms with E-state index in [2.05, 4.69) is 37.9 Å². The van der Waals surface area contributed by atoms with E-state index >= 15 is 0 Å². The van der Waals surface area contributed by atoms with Crippen molar-refractivity contribution >= 4 is 11.0 Å². The van der Waals surface area contributed by atoms with Crippen molar-refractivity contribution < 1.29 is 0 Å². The number of imidazole rings is 1. The highest BCUT2D eigenvalue weighted by atomic mass is 15.3. The average Bonchev–Trinajstić information content (AvgIpc) is 3.03. The lowest BCUT2D eigenvalue weighted by Gasteiger charge is -2.14. The van der Waals surface area contributed by atoms with E-state index in [-0.39, 0.29) is 0 Å². The number of hydrogen-bond acceptors (Lipinski definition) is 4. The Morgan fingerprint density at radius 3 is 2.83 bits per heavy atom. The van der Waals surface area contributed by atoms with Crippen LogP contribution in [-0.2, 0) is 20.1 Å². The number of nitrogens with one attached hydrogen (secondary N) is 1. The number of rotatable bonds is 6. The van der Waals surface area contributed by atoms with Gasteiger partial charge in [0, 0.05) is 44.1 Å². The van der Waals surface area contributed by atoms with Gasteiger partial charge >= 0.3 is 0 Å². The molecule has 0 aliphatic rings. The second-order valence-electron chi connectivity index (χ2n) is 6.29. The van der Waals surface area contributed by atoms with Gasteiger partial charge in [-0.15, -0.1) is 0 Å². The van der Waals surface area contributed by atoms with Crippen molar-refractivity contribution in [3.8, 4) is 0 Å². The first-order valence-corrected chi connectivity index (χ1v) is 8.01. The predicted molar refractivity (Wildman–Crippen MR) is 91.1 cm³/mol.